The van der Waals surface area contributed by atoms with E-state index in [4.69, 9.17) is 9.72 Å². The summed E-state index contributed by atoms with van der Waals surface area (Å²) in [7, 11) is -3.55. The van der Waals surface area contributed by atoms with Gasteiger partial charge < -0.3 is 9.30 Å². The maximum absolute atomic E-state index is 13.3. The van der Waals surface area contributed by atoms with Crippen LogP contribution in [0.15, 0.2) is 52.5 Å². The summed E-state index contributed by atoms with van der Waals surface area (Å²) in [5, 5.41) is 0.817. The molecule has 2 heterocycles. The van der Waals surface area contributed by atoms with Crippen molar-refractivity contribution in [1.82, 2.24) is 13.9 Å². The Kier molecular flexibility index (Phi) is 8.29. The largest absolute Gasteiger partial charge is 0.382 e. The van der Waals surface area contributed by atoms with E-state index in [-0.39, 0.29) is 5.82 Å². The van der Waals surface area contributed by atoms with Crippen molar-refractivity contribution < 1.29 is 17.5 Å². The molecule has 0 radical (unpaired) electrons. The molecule has 1 aliphatic rings. The number of ether oxygens (including phenoxy) is 1. The Hall–Kier alpha value is -1.94. The standard InChI is InChI=1S/C25H32FN3O3S2/c1-3-32-15-5-14-29-24-12-11-22(34(30,31)28-13-4-6-19(2)17-28)16-23(24)27-25(29)33-18-20-7-9-21(26)10-8-20/h7-12,16,19H,3-6,13-15,17-18H2,1-2H3. The number of halogens is 1. The Morgan fingerprint density at radius 2 is 2.00 bits per heavy atom. The second-order valence-electron chi connectivity index (χ2n) is 8.77. The number of sulfonamides is 1. The van der Waals surface area contributed by atoms with Gasteiger partial charge in [-0.1, -0.05) is 30.8 Å². The van der Waals surface area contributed by atoms with Gasteiger partial charge in [0.15, 0.2) is 5.16 Å². The van der Waals surface area contributed by atoms with Crippen LogP contribution in [0.3, 0.4) is 0 Å². The van der Waals surface area contributed by atoms with Gasteiger partial charge >= 0.3 is 0 Å². The van der Waals surface area contributed by atoms with Crippen molar-refractivity contribution in [3.05, 3.63) is 53.8 Å². The number of hydrogen-bond donors (Lipinski definition) is 0. The summed E-state index contributed by atoms with van der Waals surface area (Å²) < 4.78 is 49.1. The molecule has 0 aliphatic carbocycles. The van der Waals surface area contributed by atoms with Crippen LogP contribution in [0.25, 0.3) is 11.0 Å². The first kappa shape index (κ1) is 25.2. The van der Waals surface area contributed by atoms with E-state index in [9.17, 15) is 12.8 Å². The van der Waals surface area contributed by atoms with Gasteiger partial charge in [0.05, 0.1) is 15.9 Å². The van der Waals surface area contributed by atoms with Gasteiger partial charge in [-0.25, -0.2) is 17.8 Å². The quantitative estimate of drug-likeness (QED) is 0.276. The first-order chi connectivity index (χ1) is 16.4. The van der Waals surface area contributed by atoms with E-state index in [2.05, 4.69) is 11.5 Å². The highest BCUT2D eigenvalue weighted by Crippen LogP contribution is 2.30. The van der Waals surface area contributed by atoms with Gasteiger partial charge in [0.2, 0.25) is 10.0 Å². The van der Waals surface area contributed by atoms with Crippen LogP contribution in [-0.2, 0) is 27.1 Å². The summed E-state index contributed by atoms with van der Waals surface area (Å²) in [4.78, 5) is 5.10. The molecule has 4 rings (SSSR count). The predicted octanol–water partition coefficient (Wildman–Crippen LogP) is 5.31. The molecule has 2 aromatic carbocycles. The molecule has 184 valence electrons. The highest BCUT2D eigenvalue weighted by molar-refractivity contribution is 7.98. The van der Waals surface area contributed by atoms with Gasteiger partial charge in [-0.3, -0.25) is 0 Å². The van der Waals surface area contributed by atoms with Crippen LogP contribution in [0.5, 0.6) is 0 Å². The molecule has 9 heteroatoms. The number of fused-ring (bicyclic) bond motifs is 1. The minimum absolute atomic E-state index is 0.256. The van der Waals surface area contributed by atoms with E-state index in [1.807, 2.05) is 13.0 Å². The lowest BCUT2D eigenvalue weighted by molar-refractivity contribution is 0.141. The zero-order valence-corrected chi connectivity index (χ0v) is 21.4. The lowest BCUT2D eigenvalue weighted by atomic mass is 10.0. The summed E-state index contributed by atoms with van der Waals surface area (Å²) in [5.74, 6) is 0.756. The first-order valence-corrected chi connectivity index (χ1v) is 14.3. The van der Waals surface area contributed by atoms with Crippen LogP contribution in [0.4, 0.5) is 4.39 Å². The van der Waals surface area contributed by atoms with Gasteiger partial charge in [0.25, 0.3) is 0 Å². The normalized spacial score (nSPS) is 17.4. The van der Waals surface area contributed by atoms with E-state index in [1.165, 1.54) is 12.1 Å². The van der Waals surface area contributed by atoms with E-state index in [0.29, 0.717) is 48.4 Å². The van der Waals surface area contributed by atoms with E-state index < -0.39 is 10.0 Å². The topological polar surface area (TPSA) is 64.4 Å². The Morgan fingerprint density at radius 3 is 2.74 bits per heavy atom. The van der Waals surface area contributed by atoms with Crippen molar-refractivity contribution in [1.29, 1.82) is 0 Å². The lowest BCUT2D eigenvalue weighted by Gasteiger charge is -2.30. The highest BCUT2D eigenvalue weighted by atomic mass is 32.2. The molecule has 1 unspecified atom stereocenters. The molecule has 1 fully saturated rings. The van der Waals surface area contributed by atoms with Crippen LogP contribution in [0.2, 0.25) is 0 Å². The third-order valence-corrected chi connectivity index (χ3v) is 9.01. The molecule has 0 saturated carbocycles. The zero-order chi connectivity index (χ0) is 24.1. The number of aryl methyl sites for hydroxylation is 1. The van der Waals surface area contributed by atoms with Crippen molar-refractivity contribution >= 4 is 32.8 Å². The third kappa shape index (κ3) is 5.82. The first-order valence-electron chi connectivity index (χ1n) is 11.8. The fraction of sp³-hybridized carbons (Fsp3) is 0.480. The number of piperidine rings is 1. The Morgan fingerprint density at radius 1 is 1.21 bits per heavy atom. The number of thioether (sulfide) groups is 1. The maximum atomic E-state index is 13.3. The molecule has 6 nitrogen and oxygen atoms in total. The van der Waals surface area contributed by atoms with Crippen molar-refractivity contribution in [2.75, 3.05) is 26.3 Å². The average molecular weight is 506 g/mol. The molecule has 1 aromatic heterocycles. The van der Waals surface area contributed by atoms with Gasteiger partial charge in [-0.05, 0) is 68.0 Å². The number of aromatic nitrogens is 2. The Bertz CT molecular complexity index is 1210. The van der Waals surface area contributed by atoms with Crippen LogP contribution >= 0.6 is 11.8 Å². The molecule has 1 aliphatic heterocycles. The van der Waals surface area contributed by atoms with Crippen molar-refractivity contribution in [2.45, 2.75) is 55.5 Å². The fourth-order valence-corrected chi connectivity index (χ4v) is 6.90. The van der Waals surface area contributed by atoms with Crippen molar-refractivity contribution in [3.8, 4) is 0 Å². The molecule has 1 saturated heterocycles. The maximum Gasteiger partial charge on any atom is 0.243 e. The molecular formula is C25H32FN3O3S2. The molecule has 3 aromatic rings. The van der Waals surface area contributed by atoms with E-state index >= 15 is 0 Å². The van der Waals surface area contributed by atoms with Crippen LogP contribution in [0, 0.1) is 11.7 Å². The zero-order valence-electron chi connectivity index (χ0n) is 19.7. The van der Waals surface area contributed by atoms with Crippen molar-refractivity contribution in [2.24, 2.45) is 5.92 Å². The summed E-state index contributed by atoms with van der Waals surface area (Å²) >= 11 is 1.57. The Labute approximate surface area is 205 Å². The van der Waals surface area contributed by atoms with E-state index in [0.717, 1.165) is 42.0 Å². The van der Waals surface area contributed by atoms with Gasteiger partial charge in [-0.15, -0.1) is 0 Å². The number of benzene rings is 2. The Balaban J connectivity index is 1.62. The third-order valence-electron chi connectivity index (χ3n) is 6.10. The van der Waals surface area contributed by atoms with Crippen molar-refractivity contribution in [3.63, 3.8) is 0 Å². The molecule has 0 spiro atoms. The molecular weight excluding hydrogens is 473 g/mol. The smallest absolute Gasteiger partial charge is 0.243 e. The number of hydrogen-bond acceptors (Lipinski definition) is 5. The highest BCUT2D eigenvalue weighted by Gasteiger charge is 2.29. The SMILES string of the molecule is CCOCCCn1c(SCc2ccc(F)cc2)nc2cc(S(=O)(=O)N3CCCC(C)C3)ccc21. The summed E-state index contributed by atoms with van der Waals surface area (Å²) in [6.45, 7) is 7.24. The minimum Gasteiger partial charge on any atom is -0.382 e. The monoisotopic (exact) mass is 505 g/mol. The molecule has 0 bridgehead atoms. The predicted molar refractivity (Wildman–Crippen MR) is 134 cm³/mol. The summed E-state index contributed by atoms with van der Waals surface area (Å²) in [5.41, 5.74) is 2.58. The van der Waals surface area contributed by atoms with Crippen LogP contribution in [-0.4, -0.2) is 48.6 Å². The second-order valence-corrected chi connectivity index (χ2v) is 11.7. The van der Waals surface area contributed by atoms with Gasteiger partial charge in [0.1, 0.15) is 5.82 Å². The van der Waals surface area contributed by atoms with Gasteiger partial charge in [0, 0.05) is 38.6 Å². The molecule has 34 heavy (non-hydrogen) atoms. The second kappa shape index (κ2) is 11.2. The van der Waals surface area contributed by atoms with Gasteiger partial charge in [-0.2, -0.15) is 4.31 Å². The fourth-order valence-electron chi connectivity index (χ4n) is 4.29. The van der Waals surface area contributed by atoms with E-state index in [1.54, 1.807) is 40.3 Å². The number of imidazole rings is 1. The minimum atomic E-state index is -3.55. The van der Waals surface area contributed by atoms with Crippen LogP contribution in [0.1, 0.15) is 38.7 Å². The molecule has 0 N–H and O–H groups in total. The number of rotatable bonds is 10. The molecule has 0 amide bonds. The lowest BCUT2D eigenvalue weighted by Crippen LogP contribution is -2.39. The summed E-state index contributed by atoms with van der Waals surface area (Å²) in [6.07, 6.45) is 2.78. The van der Waals surface area contributed by atoms with Crippen LogP contribution < -0.4 is 0 Å². The number of nitrogens with zero attached hydrogens (tertiary/aromatic N) is 3. The summed E-state index contributed by atoms with van der Waals surface area (Å²) in [6, 6.07) is 11.7. The molecule has 1 atom stereocenters. The average Bonchev–Trinajstić information content (AvgIpc) is 3.18.